The molecule has 0 amide bonds. The molecule has 1 atom stereocenters. The normalized spacial score (nSPS) is 12.1. The lowest BCUT2D eigenvalue weighted by Gasteiger charge is -2.09. The third-order valence-electron chi connectivity index (χ3n) is 4.43. The van der Waals surface area contributed by atoms with E-state index in [4.69, 9.17) is 11.6 Å². The maximum absolute atomic E-state index is 11.9. The van der Waals surface area contributed by atoms with E-state index < -0.39 is 16.8 Å². The molecule has 0 spiro atoms. The molecule has 0 aliphatic carbocycles. The summed E-state index contributed by atoms with van der Waals surface area (Å²) in [6.45, 7) is 2.00. The van der Waals surface area contributed by atoms with Crippen LogP contribution in [0.1, 0.15) is 28.5 Å². The Hall–Kier alpha value is -2.37. The monoisotopic (exact) mass is 401 g/mol. The quantitative estimate of drug-likeness (QED) is 0.600. The Morgan fingerprint density at radius 3 is 2.41 bits per heavy atom. The molecule has 0 saturated heterocycles. The number of rotatable bonds is 6. The van der Waals surface area contributed by atoms with Crippen molar-refractivity contribution < 1.29 is 14.1 Å². The third kappa shape index (κ3) is 3.99. The number of hydrogen-bond acceptors (Lipinski definition) is 2. The largest absolute Gasteiger partial charge is 0.477 e. The minimum absolute atomic E-state index is 0.147. The first kappa shape index (κ1) is 19.4. The Morgan fingerprint density at radius 2 is 1.85 bits per heavy atom. The van der Waals surface area contributed by atoms with Crippen LogP contribution in [-0.2, 0) is 23.0 Å². The van der Waals surface area contributed by atoms with E-state index in [1.807, 2.05) is 49.4 Å². The van der Waals surface area contributed by atoms with E-state index in [2.05, 4.69) is 4.98 Å². The number of benzene rings is 2. The Balaban J connectivity index is 2.20. The molecule has 4 nitrogen and oxygen atoms in total. The standard InChI is InChI=1S/C21H20ClNO3S/c1-3-16-18(14-9-10-15(12-27(2)26)17(22)11-14)20(21(24)25)23-19(16)13-7-5-4-6-8-13/h4-11,23H,3,12H2,1-2H3,(H,24,25). The van der Waals surface area contributed by atoms with Crippen LogP contribution in [0.25, 0.3) is 22.4 Å². The Bertz CT molecular complexity index is 1010. The molecular weight excluding hydrogens is 382 g/mol. The fraction of sp³-hybridized carbons (Fsp3) is 0.190. The van der Waals surface area contributed by atoms with Crippen molar-refractivity contribution in [3.05, 3.63) is 70.4 Å². The molecule has 0 saturated carbocycles. The van der Waals surface area contributed by atoms with E-state index in [0.717, 1.165) is 27.9 Å². The molecule has 1 unspecified atom stereocenters. The topological polar surface area (TPSA) is 70.2 Å². The lowest BCUT2D eigenvalue weighted by atomic mass is 9.95. The fourth-order valence-corrected chi connectivity index (χ4v) is 4.28. The lowest BCUT2D eigenvalue weighted by molar-refractivity contribution is 0.0692. The molecule has 140 valence electrons. The molecule has 0 bridgehead atoms. The smallest absolute Gasteiger partial charge is 0.352 e. The summed E-state index contributed by atoms with van der Waals surface area (Å²) >= 11 is 6.38. The van der Waals surface area contributed by atoms with Gasteiger partial charge in [-0.2, -0.15) is 0 Å². The minimum atomic E-state index is -1.02. The second kappa shape index (κ2) is 8.11. The number of carboxylic acids is 1. The van der Waals surface area contributed by atoms with Crippen molar-refractivity contribution in [2.75, 3.05) is 6.26 Å². The minimum Gasteiger partial charge on any atom is -0.477 e. The van der Waals surface area contributed by atoms with Gasteiger partial charge in [0.1, 0.15) is 5.69 Å². The number of carbonyl (C=O) groups is 1. The van der Waals surface area contributed by atoms with Gasteiger partial charge >= 0.3 is 5.97 Å². The van der Waals surface area contributed by atoms with Crippen LogP contribution in [0, 0.1) is 0 Å². The Morgan fingerprint density at radius 1 is 1.15 bits per heavy atom. The predicted molar refractivity (Wildman–Crippen MR) is 111 cm³/mol. The summed E-state index contributed by atoms with van der Waals surface area (Å²) in [5.41, 5.74) is 4.99. The van der Waals surface area contributed by atoms with E-state index in [9.17, 15) is 14.1 Å². The Kier molecular flexibility index (Phi) is 5.82. The molecule has 3 rings (SSSR count). The zero-order chi connectivity index (χ0) is 19.6. The molecule has 6 heteroatoms. The fourth-order valence-electron chi connectivity index (χ4n) is 3.26. The highest BCUT2D eigenvalue weighted by atomic mass is 35.5. The maximum atomic E-state index is 11.9. The van der Waals surface area contributed by atoms with E-state index in [1.54, 1.807) is 12.3 Å². The molecule has 3 aromatic rings. The van der Waals surface area contributed by atoms with Crippen molar-refractivity contribution in [2.45, 2.75) is 19.1 Å². The molecule has 27 heavy (non-hydrogen) atoms. The van der Waals surface area contributed by atoms with E-state index in [1.165, 1.54) is 0 Å². The van der Waals surface area contributed by atoms with Crippen molar-refractivity contribution in [2.24, 2.45) is 0 Å². The van der Waals surface area contributed by atoms with Crippen LogP contribution in [0.15, 0.2) is 48.5 Å². The molecule has 2 N–H and O–H groups in total. The van der Waals surface area contributed by atoms with Crippen molar-refractivity contribution in [3.63, 3.8) is 0 Å². The van der Waals surface area contributed by atoms with E-state index >= 15 is 0 Å². The van der Waals surface area contributed by atoms with Gasteiger partial charge in [0, 0.05) is 39.1 Å². The maximum Gasteiger partial charge on any atom is 0.352 e. The summed E-state index contributed by atoms with van der Waals surface area (Å²) in [5.74, 6) is -0.648. The second-order valence-electron chi connectivity index (χ2n) is 6.28. The third-order valence-corrected chi connectivity index (χ3v) is 5.50. The average molecular weight is 402 g/mol. The number of halogens is 1. The molecule has 0 aliphatic rings. The van der Waals surface area contributed by atoms with Gasteiger partial charge in [0.05, 0.1) is 0 Å². The molecule has 1 aromatic heterocycles. The van der Waals surface area contributed by atoms with Gasteiger partial charge in [0.15, 0.2) is 0 Å². The zero-order valence-electron chi connectivity index (χ0n) is 15.1. The van der Waals surface area contributed by atoms with Crippen LogP contribution in [0.3, 0.4) is 0 Å². The summed E-state index contributed by atoms with van der Waals surface area (Å²) < 4.78 is 11.5. The van der Waals surface area contributed by atoms with Crippen LogP contribution in [-0.4, -0.2) is 26.5 Å². The van der Waals surface area contributed by atoms with Gasteiger partial charge in [-0.3, -0.25) is 4.21 Å². The van der Waals surface area contributed by atoms with Crippen LogP contribution in [0.4, 0.5) is 0 Å². The molecule has 2 aromatic carbocycles. The first-order chi connectivity index (χ1) is 12.9. The number of H-pyrrole nitrogens is 1. The van der Waals surface area contributed by atoms with Crippen LogP contribution in [0.2, 0.25) is 5.02 Å². The van der Waals surface area contributed by atoms with Crippen molar-refractivity contribution in [3.8, 4) is 22.4 Å². The summed E-state index contributed by atoms with van der Waals surface area (Å²) in [5, 5.41) is 10.2. The lowest BCUT2D eigenvalue weighted by Crippen LogP contribution is -2.00. The van der Waals surface area contributed by atoms with Gasteiger partial charge in [0.25, 0.3) is 0 Å². The van der Waals surface area contributed by atoms with Gasteiger partial charge < -0.3 is 10.1 Å². The number of carboxylic acid groups (broad SMARTS) is 1. The van der Waals surface area contributed by atoms with Crippen molar-refractivity contribution in [1.82, 2.24) is 4.98 Å². The highest BCUT2D eigenvalue weighted by Gasteiger charge is 2.23. The molecule has 1 heterocycles. The number of hydrogen-bond donors (Lipinski definition) is 2. The molecular formula is C21H20ClNO3S. The first-order valence-corrected chi connectivity index (χ1v) is 10.6. The number of aromatic amines is 1. The zero-order valence-corrected chi connectivity index (χ0v) is 16.7. The summed E-state index contributed by atoms with van der Waals surface area (Å²) in [6, 6.07) is 15.1. The summed E-state index contributed by atoms with van der Waals surface area (Å²) in [6.07, 6.45) is 2.29. The highest BCUT2D eigenvalue weighted by Crippen LogP contribution is 2.37. The predicted octanol–water partition coefficient (Wildman–Crippen LogP) is 5.14. The Labute approximate surface area is 165 Å². The summed E-state index contributed by atoms with van der Waals surface area (Å²) in [7, 11) is -1.00. The molecule has 0 fully saturated rings. The van der Waals surface area contributed by atoms with Gasteiger partial charge in [-0.1, -0.05) is 61.0 Å². The summed E-state index contributed by atoms with van der Waals surface area (Å²) in [4.78, 5) is 15.0. The van der Waals surface area contributed by atoms with Crippen LogP contribution in [0.5, 0.6) is 0 Å². The van der Waals surface area contributed by atoms with Crippen molar-refractivity contribution >= 4 is 28.4 Å². The number of aromatic carboxylic acids is 1. The van der Waals surface area contributed by atoms with Gasteiger partial charge in [-0.15, -0.1) is 0 Å². The SMILES string of the molecule is CCc1c(-c2ccccc2)[nH]c(C(=O)O)c1-c1ccc(CS(C)=O)c(Cl)c1. The molecule has 0 aliphatic heterocycles. The molecule has 0 radical (unpaired) electrons. The number of aromatic nitrogens is 1. The van der Waals surface area contributed by atoms with Gasteiger partial charge in [-0.05, 0) is 34.7 Å². The van der Waals surface area contributed by atoms with Crippen molar-refractivity contribution in [1.29, 1.82) is 0 Å². The van der Waals surface area contributed by atoms with Crippen LogP contribution < -0.4 is 0 Å². The average Bonchev–Trinajstić information content (AvgIpc) is 3.03. The van der Waals surface area contributed by atoms with Gasteiger partial charge in [0.2, 0.25) is 0 Å². The van der Waals surface area contributed by atoms with E-state index in [0.29, 0.717) is 22.8 Å². The highest BCUT2D eigenvalue weighted by molar-refractivity contribution is 7.83. The number of nitrogens with one attached hydrogen (secondary N) is 1. The van der Waals surface area contributed by atoms with E-state index in [-0.39, 0.29) is 5.69 Å². The van der Waals surface area contributed by atoms with Crippen LogP contribution >= 0.6 is 11.6 Å². The van der Waals surface area contributed by atoms with Gasteiger partial charge in [-0.25, -0.2) is 4.79 Å². The second-order valence-corrected chi connectivity index (χ2v) is 8.12. The first-order valence-electron chi connectivity index (χ1n) is 8.54.